The number of carbonyl (C=O) groups is 1. The molecule has 6 rings (SSSR count). The van der Waals surface area contributed by atoms with Gasteiger partial charge in [-0.2, -0.15) is 32.5 Å². The van der Waals surface area contributed by atoms with Crippen molar-refractivity contribution in [1.29, 1.82) is 0 Å². The van der Waals surface area contributed by atoms with Gasteiger partial charge in [-0.25, -0.2) is 17.5 Å². The van der Waals surface area contributed by atoms with E-state index in [1.165, 1.54) is 16.9 Å². The number of carbonyl (C=O) groups excluding carboxylic acids is 1. The van der Waals surface area contributed by atoms with Crippen molar-refractivity contribution in [3.05, 3.63) is 83.3 Å². The first kappa shape index (κ1) is 28.2. The molecule has 1 aliphatic carbocycles. The number of hydrogen-bond donors (Lipinski definition) is 0. The van der Waals surface area contributed by atoms with Crippen LogP contribution in [-0.4, -0.2) is 61.4 Å². The molecule has 0 bridgehead atoms. The van der Waals surface area contributed by atoms with Crippen molar-refractivity contribution in [3.63, 3.8) is 0 Å². The summed E-state index contributed by atoms with van der Waals surface area (Å²) in [5, 5.41) is 12.2. The standard InChI is InChI=1S/C27H25F4N7O3S/c1-2-37-33-15-24(35-37)42(40,41)36-10-8-18-12-23-17(14-34-38(23)21-5-3-20(28)4-6-21)13-26(18,16-36)25(39)22-11-19(7-9-32-22)27(29,30)31/h3-7,9,11,14-15,18H,2,8,10,12-13,16H2,1H3. The lowest BCUT2D eigenvalue weighted by atomic mass is 9.60. The highest BCUT2D eigenvalue weighted by atomic mass is 32.2. The van der Waals surface area contributed by atoms with Gasteiger partial charge < -0.3 is 0 Å². The summed E-state index contributed by atoms with van der Waals surface area (Å²) in [5.74, 6) is -1.52. The van der Waals surface area contributed by atoms with E-state index in [-0.39, 0.29) is 36.7 Å². The van der Waals surface area contributed by atoms with Crippen LogP contribution < -0.4 is 0 Å². The molecule has 220 valence electrons. The minimum absolute atomic E-state index is 0.0264. The second kappa shape index (κ2) is 10.1. The Balaban J connectivity index is 1.44. The summed E-state index contributed by atoms with van der Waals surface area (Å²) in [5.41, 5.74) is -0.810. The van der Waals surface area contributed by atoms with Crippen molar-refractivity contribution in [2.45, 2.75) is 43.9 Å². The Bertz CT molecular complexity index is 1770. The summed E-state index contributed by atoms with van der Waals surface area (Å²) >= 11 is 0. The van der Waals surface area contributed by atoms with Gasteiger partial charge in [-0.3, -0.25) is 9.78 Å². The molecule has 1 aliphatic heterocycles. The van der Waals surface area contributed by atoms with Gasteiger partial charge in [0.05, 0.1) is 35.6 Å². The molecular weight excluding hydrogens is 578 g/mol. The number of pyridine rings is 1. The van der Waals surface area contributed by atoms with Crippen LogP contribution in [0.15, 0.2) is 60.0 Å². The van der Waals surface area contributed by atoms with Crippen LogP contribution in [0.2, 0.25) is 0 Å². The number of nitrogens with zero attached hydrogens (tertiary/aromatic N) is 7. The minimum Gasteiger partial charge on any atom is -0.292 e. The van der Waals surface area contributed by atoms with E-state index < -0.39 is 44.7 Å². The highest BCUT2D eigenvalue weighted by molar-refractivity contribution is 7.89. The molecule has 42 heavy (non-hydrogen) atoms. The lowest BCUT2D eigenvalue weighted by Gasteiger charge is -2.48. The fraction of sp³-hybridized carbons (Fsp3) is 0.370. The molecule has 0 amide bonds. The van der Waals surface area contributed by atoms with Gasteiger partial charge in [-0.1, -0.05) is 0 Å². The van der Waals surface area contributed by atoms with Gasteiger partial charge >= 0.3 is 6.18 Å². The number of sulfonamides is 1. The topological polar surface area (TPSA) is 116 Å². The summed E-state index contributed by atoms with van der Waals surface area (Å²) in [4.78, 5) is 19.5. The van der Waals surface area contributed by atoms with Crippen LogP contribution in [0.4, 0.5) is 17.6 Å². The third-order valence-corrected chi connectivity index (χ3v) is 9.82. The number of piperidine rings is 1. The summed E-state index contributed by atoms with van der Waals surface area (Å²) < 4.78 is 84.3. The Morgan fingerprint density at radius 3 is 2.57 bits per heavy atom. The number of aryl methyl sites for hydroxylation is 1. The Morgan fingerprint density at radius 1 is 1.12 bits per heavy atom. The molecule has 2 atom stereocenters. The van der Waals surface area contributed by atoms with Crippen LogP contribution in [0.3, 0.4) is 0 Å². The molecule has 2 unspecified atom stereocenters. The predicted molar refractivity (Wildman–Crippen MR) is 139 cm³/mol. The lowest BCUT2D eigenvalue weighted by Crippen LogP contribution is -2.57. The Morgan fingerprint density at radius 2 is 1.88 bits per heavy atom. The van der Waals surface area contributed by atoms with Crippen molar-refractivity contribution in [3.8, 4) is 5.69 Å². The summed E-state index contributed by atoms with van der Waals surface area (Å²) in [6, 6.07) is 7.24. The van der Waals surface area contributed by atoms with E-state index >= 15 is 0 Å². The molecule has 0 radical (unpaired) electrons. The van der Waals surface area contributed by atoms with E-state index in [0.717, 1.165) is 28.5 Å². The van der Waals surface area contributed by atoms with E-state index in [1.807, 2.05) is 0 Å². The molecular formula is C27H25F4N7O3S. The van der Waals surface area contributed by atoms with E-state index in [0.29, 0.717) is 30.3 Å². The number of Topliss-reactive ketones (excluding diaryl/α,β-unsaturated/α-hetero) is 1. The molecule has 15 heteroatoms. The fourth-order valence-electron chi connectivity index (χ4n) is 5.96. The molecule has 1 aromatic carbocycles. The number of hydrogen-bond acceptors (Lipinski definition) is 7. The quantitative estimate of drug-likeness (QED) is 0.244. The summed E-state index contributed by atoms with van der Waals surface area (Å²) in [6.45, 7) is 1.89. The molecule has 4 aromatic rings. The van der Waals surface area contributed by atoms with E-state index in [4.69, 9.17) is 0 Å². The number of rotatable bonds is 6. The maximum Gasteiger partial charge on any atom is 0.416 e. The zero-order valence-electron chi connectivity index (χ0n) is 22.3. The molecule has 0 N–H and O–H groups in total. The Kier molecular flexibility index (Phi) is 6.76. The monoisotopic (exact) mass is 603 g/mol. The van der Waals surface area contributed by atoms with Crippen molar-refractivity contribution < 1.29 is 30.8 Å². The van der Waals surface area contributed by atoms with Crippen LogP contribution in [0.1, 0.15) is 40.7 Å². The van der Waals surface area contributed by atoms with Gasteiger partial charge in [-0.05, 0) is 74.1 Å². The molecule has 2 aliphatic rings. The van der Waals surface area contributed by atoms with Crippen molar-refractivity contribution >= 4 is 15.8 Å². The van der Waals surface area contributed by atoms with Gasteiger partial charge in [0.1, 0.15) is 11.5 Å². The average molecular weight is 604 g/mol. The van der Waals surface area contributed by atoms with Crippen molar-refractivity contribution in [1.82, 2.24) is 34.1 Å². The van der Waals surface area contributed by atoms with Crippen LogP contribution in [0, 0.1) is 17.2 Å². The SMILES string of the molecule is CCn1ncc(S(=O)(=O)N2CCC3Cc4c(cnn4-c4ccc(F)cc4)CC3(C(=O)c3cc(C(F)(F)F)ccn3)C2)n1. The maximum atomic E-state index is 14.3. The Labute approximate surface area is 238 Å². The average Bonchev–Trinajstić information content (AvgIpc) is 3.63. The minimum atomic E-state index is -4.70. The first-order valence-electron chi connectivity index (χ1n) is 13.2. The molecule has 1 fully saturated rings. The largest absolute Gasteiger partial charge is 0.416 e. The normalized spacial score (nSPS) is 21.1. The fourth-order valence-corrected chi connectivity index (χ4v) is 7.35. The van der Waals surface area contributed by atoms with Gasteiger partial charge in [0.15, 0.2) is 5.78 Å². The van der Waals surface area contributed by atoms with E-state index in [1.54, 1.807) is 29.9 Å². The van der Waals surface area contributed by atoms with Gasteiger partial charge in [0, 0.05) is 25.0 Å². The summed E-state index contributed by atoms with van der Waals surface area (Å²) in [7, 11) is -4.18. The third kappa shape index (κ3) is 4.69. The number of alkyl halides is 3. The molecule has 1 saturated heterocycles. The first-order chi connectivity index (χ1) is 19.9. The zero-order chi connectivity index (χ0) is 29.9. The van der Waals surface area contributed by atoms with Gasteiger partial charge in [0.25, 0.3) is 10.0 Å². The summed E-state index contributed by atoms with van der Waals surface area (Å²) in [6.07, 6.45) is -0.486. The van der Waals surface area contributed by atoms with Crippen molar-refractivity contribution in [2.24, 2.45) is 11.3 Å². The van der Waals surface area contributed by atoms with Gasteiger partial charge in [0.2, 0.25) is 5.03 Å². The van der Waals surface area contributed by atoms with Gasteiger partial charge in [-0.15, -0.1) is 5.10 Å². The molecule has 3 aromatic heterocycles. The lowest BCUT2D eigenvalue weighted by molar-refractivity contribution is -0.137. The molecule has 4 heterocycles. The van der Waals surface area contributed by atoms with Crippen LogP contribution >= 0.6 is 0 Å². The number of fused-ring (bicyclic) bond motifs is 2. The Hall–Kier alpha value is -3.98. The number of ketones is 1. The predicted octanol–water partition coefficient (Wildman–Crippen LogP) is 3.72. The molecule has 0 saturated carbocycles. The number of aromatic nitrogens is 6. The van der Waals surface area contributed by atoms with Crippen LogP contribution in [0.25, 0.3) is 5.69 Å². The van der Waals surface area contributed by atoms with Crippen LogP contribution in [0.5, 0.6) is 0 Å². The van der Waals surface area contributed by atoms with Crippen LogP contribution in [-0.2, 0) is 35.6 Å². The second-order valence-corrected chi connectivity index (χ2v) is 12.4. The van der Waals surface area contributed by atoms with E-state index in [9.17, 15) is 30.8 Å². The van der Waals surface area contributed by atoms with Crippen molar-refractivity contribution in [2.75, 3.05) is 13.1 Å². The zero-order valence-corrected chi connectivity index (χ0v) is 23.1. The highest BCUT2D eigenvalue weighted by Crippen LogP contribution is 2.48. The molecule has 10 nitrogen and oxygen atoms in total. The highest BCUT2D eigenvalue weighted by Gasteiger charge is 2.55. The third-order valence-electron chi connectivity index (χ3n) is 8.11. The number of halogens is 4. The first-order valence-corrected chi connectivity index (χ1v) is 14.7. The smallest absolute Gasteiger partial charge is 0.292 e. The maximum absolute atomic E-state index is 14.3. The number of benzene rings is 1. The van der Waals surface area contributed by atoms with E-state index in [2.05, 4.69) is 20.3 Å². The molecule has 0 spiro atoms. The second-order valence-electron chi connectivity index (χ2n) is 10.5.